The zero-order chi connectivity index (χ0) is 15.3. The van der Waals surface area contributed by atoms with E-state index in [1.807, 2.05) is 0 Å². The highest BCUT2D eigenvalue weighted by Gasteiger charge is 2.17. The standard InChI is InChI=1S/C13H17BrO5S/c1-9(2)20(16,17)5-4-19-13-11(14)6-10(8-15)7-12(13)18-3/h6-9H,4-5H2,1-3H3. The van der Waals surface area contributed by atoms with Crippen LogP contribution in [0.1, 0.15) is 24.2 Å². The molecule has 0 heterocycles. The van der Waals surface area contributed by atoms with Crippen LogP contribution in [0, 0.1) is 0 Å². The molecule has 0 unspecified atom stereocenters. The molecule has 0 saturated heterocycles. The van der Waals surface area contributed by atoms with Crippen molar-refractivity contribution in [3.63, 3.8) is 0 Å². The van der Waals surface area contributed by atoms with Gasteiger partial charge in [-0.2, -0.15) is 0 Å². The second-order valence-corrected chi connectivity index (χ2v) is 7.95. The van der Waals surface area contributed by atoms with E-state index < -0.39 is 15.1 Å². The molecule has 1 aromatic rings. The molecule has 0 aliphatic rings. The lowest BCUT2D eigenvalue weighted by Gasteiger charge is -2.14. The minimum Gasteiger partial charge on any atom is -0.493 e. The molecule has 0 radical (unpaired) electrons. The molecule has 5 nitrogen and oxygen atoms in total. The molecule has 0 amide bonds. The smallest absolute Gasteiger partial charge is 0.175 e. The zero-order valence-electron chi connectivity index (χ0n) is 11.6. The summed E-state index contributed by atoms with van der Waals surface area (Å²) < 4.78 is 34.5. The molecule has 0 fully saturated rings. The van der Waals surface area contributed by atoms with Gasteiger partial charge in [0.2, 0.25) is 0 Å². The second kappa shape index (κ2) is 7.08. The normalized spacial score (nSPS) is 11.4. The molecular weight excluding hydrogens is 348 g/mol. The Labute approximate surface area is 127 Å². The zero-order valence-corrected chi connectivity index (χ0v) is 14.0. The van der Waals surface area contributed by atoms with Crippen LogP contribution in [-0.2, 0) is 9.84 Å². The van der Waals surface area contributed by atoms with Gasteiger partial charge in [-0.25, -0.2) is 8.42 Å². The Morgan fingerprint density at radius 2 is 2.00 bits per heavy atom. The fourth-order valence-corrected chi connectivity index (χ4v) is 2.80. The van der Waals surface area contributed by atoms with Crippen LogP contribution in [0.5, 0.6) is 11.5 Å². The monoisotopic (exact) mass is 364 g/mol. The lowest BCUT2D eigenvalue weighted by Crippen LogP contribution is -2.22. The van der Waals surface area contributed by atoms with E-state index in [9.17, 15) is 13.2 Å². The fourth-order valence-electron chi connectivity index (χ4n) is 1.44. The van der Waals surface area contributed by atoms with E-state index in [1.165, 1.54) is 13.2 Å². The van der Waals surface area contributed by atoms with Crippen LogP contribution in [0.2, 0.25) is 0 Å². The molecule has 1 rings (SSSR count). The van der Waals surface area contributed by atoms with Crippen molar-refractivity contribution >= 4 is 32.1 Å². The molecule has 20 heavy (non-hydrogen) atoms. The largest absolute Gasteiger partial charge is 0.493 e. The van der Waals surface area contributed by atoms with E-state index in [4.69, 9.17) is 9.47 Å². The summed E-state index contributed by atoms with van der Waals surface area (Å²) in [6.07, 6.45) is 0.695. The highest BCUT2D eigenvalue weighted by Crippen LogP contribution is 2.36. The molecule has 0 atom stereocenters. The number of benzene rings is 1. The second-order valence-electron chi connectivity index (χ2n) is 4.42. The first-order valence-electron chi connectivity index (χ1n) is 5.99. The highest BCUT2D eigenvalue weighted by molar-refractivity contribution is 9.10. The van der Waals surface area contributed by atoms with Gasteiger partial charge in [-0.15, -0.1) is 0 Å². The summed E-state index contributed by atoms with van der Waals surface area (Å²) >= 11 is 3.28. The number of sulfone groups is 1. The number of carbonyl (C=O) groups excluding carboxylic acids is 1. The topological polar surface area (TPSA) is 69.7 Å². The molecule has 7 heteroatoms. The highest BCUT2D eigenvalue weighted by atomic mass is 79.9. The van der Waals surface area contributed by atoms with Gasteiger partial charge in [0.25, 0.3) is 0 Å². The van der Waals surface area contributed by atoms with Crippen molar-refractivity contribution < 1.29 is 22.7 Å². The Morgan fingerprint density at radius 1 is 1.35 bits per heavy atom. The lowest BCUT2D eigenvalue weighted by molar-refractivity contribution is 0.112. The van der Waals surface area contributed by atoms with Gasteiger partial charge < -0.3 is 9.47 Å². The van der Waals surface area contributed by atoms with Gasteiger partial charge in [-0.3, -0.25) is 4.79 Å². The van der Waals surface area contributed by atoms with Crippen molar-refractivity contribution in [1.29, 1.82) is 0 Å². The predicted molar refractivity (Wildman–Crippen MR) is 80.5 cm³/mol. The van der Waals surface area contributed by atoms with Crippen LogP contribution < -0.4 is 9.47 Å². The van der Waals surface area contributed by atoms with Crippen LogP contribution in [0.3, 0.4) is 0 Å². The number of methoxy groups -OCH3 is 1. The summed E-state index contributed by atoms with van der Waals surface area (Å²) in [4.78, 5) is 10.8. The average Bonchev–Trinajstić information content (AvgIpc) is 2.39. The Hall–Kier alpha value is -1.08. The van der Waals surface area contributed by atoms with Crippen molar-refractivity contribution in [2.75, 3.05) is 19.5 Å². The van der Waals surface area contributed by atoms with E-state index in [0.29, 0.717) is 27.8 Å². The van der Waals surface area contributed by atoms with Crippen LogP contribution in [0.15, 0.2) is 16.6 Å². The third-order valence-corrected chi connectivity index (χ3v) is 5.48. The molecule has 112 valence electrons. The maximum atomic E-state index is 11.7. The summed E-state index contributed by atoms with van der Waals surface area (Å²) in [6, 6.07) is 3.12. The van der Waals surface area contributed by atoms with Crippen LogP contribution >= 0.6 is 15.9 Å². The van der Waals surface area contributed by atoms with Crippen LogP contribution in [0.4, 0.5) is 0 Å². The average molecular weight is 365 g/mol. The maximum Gasteiger partial charge on any atom is 0.175 e. The van der Waals surface area contributed by atoms with Crippen molar-refractivity contribution in [3.8, 4) is 11.5 Å². The number of halogens is 1. The number of ether oxygens (including phenoxy) is 2. The van der Waals surface area contributed by atoms with E-state index in [0.717, 1.165) is 0 Å². The molecule has 0 N–H and O–H groups in total. The molecule has 0 bridgehead atoms. The summed E-state index contributed by atoms with van der Waals surface area (Å²) in [5.74, 6) is 0.691. The lowest BCUT2D eigenvalue weighted by atomic mass is 10.2. The minimum atomic E-state index is -3.15. The van der Waals surface area contributed by atoms with Crippen LogP contribution in [-0.4, -0.2) is 39.4 Å². The van der Waals surface area contributed by atoms with Crippen molar-refractivity contribution in [1.82, 2.24) is 0 Å². The Morgan fingerprint density at radius 3 is 2.50 bits per heavy atom. The van der Waals surface area contributed by atoms with Gasteiger partial charge in [0.1, 0.15) is 12.9 Å². The third kappa shape index (κ3) is 4.21. The first-order chi connectivity index (χ1) is 9.31. The molecular formula is C13H17BrO5S. The molecule has 0 saturated carbocycles. The van der Waals surface area contributed by atoms with Crippen molar-refractivity contribution in [3.05, 3.63) is 22.2 Å². The number of aldehydes is 1. The Bertz CT molecular complexity index is 581. The SMILES string of the molecule is COc1cc(C=O)cc(Br)c1OCCS(=O)(=O)C(C)C. The minimum absolute atomic E-state index is 0.0237. The maximum absolute atomic E-state index is 11.7. The van der Waals surface area contributed by atoms with E-state index in [-0.39, 0.29) is 12.4 Å². The molecule has 1 aromatic carbocycles. The van der Waals surface area contributed by atoms with Crippen LogP contribution in [0.25, 0.3) is 0 Å². The molecule has 0 aliphatic carbocycles. The summed E-state index contributed by atoms with van der Waals surface area (Å²) in [5.41, 5.74) is 0.441. The molecule has 0 aromatic heterocycles. The van der Waals surface area contributed by atoms with E-state index in [1.54, 1.807) is 19.9 Å². The number of rotatable bonds is 7. The van der Waals surface area contributed by atoms with E-state index in [2.05, 4.69) is 15.9 Å². The summed E-state index contributed by atoms with van der Waals surface area (Å²) in [6.45, 7) is 3.28. The molecule has 0 aliphatic heterocycles. The number of carbonyl (C=O) groups is 1. The Kier molecular flexibility index (Phi) is 6.01. The molecule has 0 spiro atoms. The van der Waals surface area contributed by atoms with Gasteiger partial charge in [0.05, 0.1) is 22.6 Å². The van der Waals surface area contributed by atoms with Crippen molar-refractivity contribution in [2.45, 2.75) is 19.1 Å². The Balaban J connectivity index is 2.86. The first-order valence-corrected chi connectivity index (χ1v) is 8.49. The van der Waals surface area contributed by atoms with Gasteiger partial charge in [0.15, 0.2) is 21.3 Å². The van der Waals surface area contributed by atoms with E-state index >= 15 is 0 Å². The van der Waals surface area contributed by atoms with Gasteiger partial charge in [-0.1, -0.05) is 0 Å². The fraction of sp³-hybridized carbons (Fsp3) is 0.462. The number of hydrogen-bond acceptors (Lipinski definition) is 5. The summed E-state index contributed by atoms with van der Waals surface area (Å²) in [7, 11) is -1.70. The quantitative estimate of drug-likeness (QED) is 0.695. The van der Waals surface area contributed by atoms with Crippen molar-refractivity contribution in [2.24, 2.45) is 0 Å². The number of hydrogen-bond donors (Lipinski definition) is 0. The van der Waals surface area contributed by atoms with Gasteiger partial charge in [-0.05, 0) is 41.9 Å². The van der Waals surface area contributed by atoms with Gasteiger partial charge in [0, 0.05) is 5.56 Å². The predicted octanol–water partition coefficient (Wildman–Crippen LogP) is 2.47. The summed E-state index contributed by atoms with van der Waals surface area (Å²) in [5, 5.41) is -0.436. The first kappa shape index (κ1) is 17.0. The third-order valence-electron chi connectivity index (χ3n) is 2.72. The van der Waals surface area contributed by atoms with Gasteiger partial charge >= 0.3 is 0 Å².